The van der Waals surface area contributed by atoms with E-state index in [-0.39, 0.29) is 12.3 Å². The van der Waals surface area contributed by atoms with Crippen molar-refractivity contribution in [3.8, 4) is 32.4 Å². The Kier molecular flexibility index (Phi) is 5.86. The molecule has 0 fully saturated rings. The lowest BCUT2D eigenvalue weighted by Crippen LogP contribution is -2.14. The van der Waals surface area contributed by atoms with Gasteiger partial charge in [-0.15, -0.1) is 34.0 Å². The highest BCUT2D eigenvalue weighted by Gasteiger charge is 2.19. The van der Waals surface area contributed by atoms with E-state index in [4.69, 9.17) is 10.7 Å². The number of carbonyl (C=O) groups is 2. The number of thiophene rings is 1. The van der Waals surface area contributed by atoms with Crippen LogP contribution in [0.2, 0.25) is 0 Å². The zero-order valence-electron chi connectivity index (χ0n) is 17.1. The summed E-state index contributed by atoms with van der Waals surface area (Å²) in [5, 5.41) is 8.08. The molecule has 4 aromatic heterocycles. The van der Waals surface area contributed by atoms with Gasteiger partial charge in [-0.25, -0.2) is 9.97 Å². The summed E-state index contributed by atoms with van der Waals surface area (Å²) in [6.07, 6.45) is 1.86. The maximum Gasteiger partial charge on any atom is 0.265 e. The zero-order valence-corrected chi connectivity index (χ0v) is 19.5. The minimum atomic E-state index is -0.536. The summed E-state index contributed by atoms with van der Waals surface area (Å²) in [5.41, 5.74) is 8.85. The highest BCUT2D eigenvalue weighted by atomic mass is 32.1. The number of H-pyrrole nitrogens is 1. The lowest BCUT2D eigenvalue weighted by Gasteiger charge is -2.01. The van der Waals surface area contributed by atoms with Crippen LogP contribution in [0.5, 0.6) is 0 Å². The summed E-state index contributed by atoms with van der Waals surface area (Å²) in [6, 6.07) is 15.6. The zero-order chi connectivity index (χ0) is 22.8. The number of anilines is 1. The summed E-state index contributed by atoms with van der Waals surface area (Å²) < 4.78 is 0. The van der Waals surface area contributed by atoms with Crippen LogP contribution in [-0.4, -0.2) is 26.8 Å². The molecule has 5 aromatic rings. The average Bonchev–Trinajstić information content (AvgIpc) is 3.60. The van der Waals surface area contributed by atoms with Gasteiger partial charge in [0.05, 0.1) is 22.7 Å². The summed E-state index contributed by atoms with van der Waals surface area (Å²) in [4.78, 5) is 38.2. The van der Waals surface area contributed by atoms with Crippen LogP contribution in [0, 0.1) is 0 Å². The van der Waals surface area contributed by atoms with E-state index in [0.717, 1.165) is 31.6 Å². The Morgan fingerprint density at radius 3 is 2.61 bits per heavy atom. The molecule has 7 nitrogen and oxygen atoms in total. The summed E-state index contributed by atoms with van der Waals surface area (Å²) in [7, 11) is 0. The number of aromatic amines is 1. The smallest absolute Gasteiger partial charge is 0.265 e. The first kappa shape index (κ1) is 21.3. The summed E-state index contributed by atoms with van der Waals surface area (Å²) in [5.74, 6) is -0.699. The van der Waals surface area contributed by atoms with Gasteiger partial charge in [0.15, 0.2) is 5.13 Å². The van der Waals surface area contributed by atoms with E-state index < -0.39 is 5.91 Å². The van der Waals surface area contributed by atoms with Gasteiger partial charge < -0.3 is 16.0 Å². The number of aromatic nitrogens is 3. The molecule has 4 N–H and O–H groups in total. The van der Waals surface area contributed by atoms with Crippen molar-refractivity contribution in [2.45, 2.75) is 6.42 Å². The predicted molar refractivity (Wildman–Crippen MR) is 134 cm³/mol. The largest absolute Gasteiger partial charge is 0.364 e. The van der Waals surface area contributed by atoms with Gasteiger partial charge >= 0.3 is 0 Å². The lowest BCUT2D eigenvalue weighted by molar-refractivity contribution is -0.115. The Morgan fingerprint density at radius 1 is 1.03 bits per heavy atom. The normalized spacial score (nSPS) is 10.9. The molecule has 0 aliphatic carbocycles. The molecule has 4 heterocycles. The van der Waals surface area contributed by atoms with Gasteiger partial charge in [-0.1, -0.05) is 36.4 Å². The summed E-state index contributed by atoms with van der Waals surface area (Å²) in [6.45, 7) is 0. The van der Waals surface area contributed by atoms with Crippen LogP contribution in [0.4, 0.5) is 5.13 Å². The lowest BCUT2D eigenvalue weighted by atomic mass is 10.2. The Hall–Kier alpha value is -3.60. The van der Waals surface area contributed by atoms with Gasteiger partial charge in [-0.2, -0.15) is 0 Å². The van der Waals surface area contributed by atoms with E-state index in [1.165, 1.54) is 22.7 Å². The fourth-order valence-corrected chi connectivity index (χ4v) is 5.86. The number of amides is 2. The third-order valence-corrected chi connectivity index (χ3v) is 7.53. The number of benzene rings is 1. The molecule has 0 saturated carbocycles. The fraction of sp³-hybridized carbons (Fsp3) is 0.0435. The van der Waals surface area contributed by atoms with Crippen molar-refractivity contribution >= 4 is 51.0 Å². The van der Waals surface area contributed by atoms with Crippen molar-refractivity contribution in [3.63, 3.8) is 0 Å². The molecule has 5 rings (SSSR count). The topological polar surface area (TPSA) is 114 Å². The fourth-order valence-electron chi connectivity index (χ4n) is 3.24. The number of hydrogen-bond acceptors (Lipinski definition) is 7. The van der Waals surface area contributed by atoms with Crippen LogP contribution in [0.15, 0.2) is 65.5 Å². The number of carbonyl (C=O) groups excluding carboxylic acids is 2. The van der Waals surface area contributed by atoms with E-state index in [2.05, 4.69) is 15.3 Å². The van der Waals surface area contributed by atoms with Gasteiger partial charge in [0.2, 0.25) is 5.91 Å². The predicted octanol–water partition coefficient (Wildman–Crippen LogP) is 5.27. The minimum absolute atomic E-state index is 0.163. The molecule has 164 valence electrons. The Bertz CT molecular complexity index is 1420. The number of rotatable bonds is 7. The quantitative estimate of drug-likeness (QED) is 0.288. The van der Waals surface area contributed by atoms with Crippen molar-refractivity contribution in [2.24, 2.45) is 5.73 Å². The number of thiazole rings is 2. The van der Waals surface area contributed by atoms with Crippen molar-refractivity contribution in [1.29, 1.82) is 0 Å². The van der Waals surface area contributed by atoms with Crippen molar-refractivity contribution < 1.29 is 9.59 Å². The van der Waals surface area contributed by atoms with Crippen molar-refractivity contribution in [2.75, 3.05) is 5.32 Å². The molecule has 0 bridgehead atoms. The van der Waals surface area contributed by atoms with Crippen molar-refractivity contribution in [1.82, 2.24) is 15.0 Å². The van der Waals surface area contributed by atoms with Gasteiger partial charge in [0, 0.05) is 27.6 Å². The number of hydrogen-bond donors (Lipinski definition) is 3. The number of nitrogens with one attached hydrogen (secondary N) is 2. The number of primary amides is 1. The maximum atomic E-state index is 12.9. The maximum absolute atomic E-state index is 12.9. The summed E-state index contributed by atoms with van der Waals surface area (Å²) >= 11 is 4.45. The Balaban J connectivity index is 1.35. The molecule has 0 saturated heterocycles. The van der Waals surface area contributed by atoms with Crippen LogP contribution in [0.3, 0.4) is 0 Å². The van der Waals surface area contributed by atoms with Gasteiger partial charge in [-0.05, 0) is 17.5 Å². The first-order valence-corrected chi connectivity index (χ1v) is 12.5. The molecule has 0 unspecified atom stereocenters. The SMILES string of the molecule is NC(=O)c1cc(-c2csc(NC(=O)Cc3sc(-c4ccccc4)nc3-c3cccs3)n2)c[nH]1. The van der Waals surface area contributed by atoms with E-state index in [9.17, 15) is 9.59 Å². The van der Waals surface area contributed by atoms with E-state index in [1.54, 1.807) is 23.6 Å². The second-order valence-electron chi connectivity index (χ2n) is 7.06. The first-order valence-electron chi connectivity index (χ1n) is 9.90. The van der Waals surface area contributed by atoms with Crippen molar-refractivity contribution in [3.05, 3.63) is 76.1 Å². The van der Waals surface area contributed by atoms with Crippen LogP contribution in [0.25, 0.3) is 32.4 Å². The van der Waals surface area contributed by atoms with Crippen LogP contribution in [-0.2, 0) is 11.2 Å². The number of nitrogens with zero attached hydrogens (tertiary/aromatic N) is 2. The second-order valence-corrected chi connectivity index (χ2v) is 9.95. The van der Waals surface area contributed by atoms with Gasteiger partial charge in [0.1, 0.15) is 10.7 Å². The highest BCUT2D eigenvalue weighted by Crippen LogP contribution is 2.36. The molecular weight excluding hydrogens is 474 g/mol. The van der Waals surface area contributed by atoms with Gasteiger partial charge in [0.25, 0.3) is 5.91 Å². The third kappa shape index (κ3) is 4.63. The molecule has 0 spiro atoms. The second kappa shape index (κ2) is 9.10. The van der Waals surface area contributed by atoms with Crippen LogP contribution >= 0.6 is 34.0 Å². The standard InChI is InChI=1S/C23H17N5O2S3/c24-21(30)15-9-14(11-25-15)16-12-32-23(26-16)27-19(29)10-18-20(17-7-4-8-31-17)28-22(33-18)13-5-2-1-3-6-13/h1-9,11-12,25H,10H2,(H2,24,30)(H,26,27,29). The molecule has 0 radical (unpaired) electrons. The molecule has 2 amide bonds. The molecular formula is C23H17N5O2S3. The molecule has 1 aromatic carbocycles. The third-order valence-electron chi connectivity index (χ3n) is 4.79. The van der Waals surface area contributed by atoms with Crippen LogP contribution in [0.1, 0.15) is 15.4 Å². The van der Waals surface area contributed by atoms with Crippen LogP contribution < -0.4 is 11.1 Å². The Labute approximate surface area is 201 Å². The first-order chi connectivity index (χ1) is 16.1. The van der Waals surface area contributed by atoms with E-state index in [1.807, 2.05) is 53.2 Å². The molecule has 0 aliphatic heterocycles. The molecule has 0 atom stereocenters. The monoisotopic (exact) mass is 491 g/mol. The molecule has 10 heteroatoms. The minimum Gasteiger partial charge on any atom is -0.364 e. The average molecular weight is 492 g/mol. The van der Waals surface area contributed by atoms with E-state index >= 15 is 0 Å². The molecule has 0 aliphatic rings. The Morgan fingerprint density at radius 2 is 1.88 bits per heavy atom. The molecule has 33 heavy (non-hydrogen) atoms. The van der Waals surface area contributed by atoms with E-state index in [0.29, 0.717) is 16.5 Å². The van der Waals surface area contributed by atoms with Gasteiger partial charge in [-0.3, -0.25) is 9.59 Å². The highest BCUT2D eigenvalue weighted by molar-refractivity contribution is 7.17. The number of nitrogens with two attached hydrogens (primary N) is 1.